The Hall–Kier alpha value is -2.87. The SMILES string of the molecule is CC(C)(C)S(=O)(=O)Nc1ccc(C(=O)Nc2ccc(C(=O)NC3CCCCC3)cc2)cc1. The molecule has 7 nitrogen and oxygen atoms in total. The van der Waals surface area contributed by atoms with Crippen molar-refractivity contribution < 1.29 is 18.0 Å². The van der Waals surface area contributed by atoms with Gasteiger partial charge < -0.3 is 10.6 Å². The number of hydrogen-bond donors (Lipinski definition) is 3. The predicted molar refractivity (Wildman–Crippen MR) is 127 cm³/mol. The Labute approximate surface area is 190 Å². The summed E-state index contributed by atoms with van der Waals surface area (Å²) >= 11 is 0. The average Bonchev–Trinajstić information content (AvgIpc) is 2.74. The Morgan fingerprint density at radius 3 is 1.81 bits per heavy atom. The summed E-state index contributed by atoms with van der Waals surface area (Å²) in [6, 6.07) is 13.2. The van der Waals surface area contributed by atoms with Crippen LogP contribution in [0.2, 0.25) is 0 Å². The standard InChI is InChI=1S/C24H31N3O4S/c1-24(2,3)32(30,31)27-21-15-11-18(12-16-21)23(29)26-20-13-9-17(10-14-20)22(28)25-19-7-5-4-6-8-19/h9-16,19,27H,4-8H2,1-3H3,(H,25,28)(H,26,29). The lowest BCUT2D eigenvalue weighted by atomic mass is 9.95. The molecule has 0 saturated heterocycles. The Bertz CT molecular complexity index is 1050. The first-order valence-electron chi connectivity index (χ1n) is 10.9. The molecule has 3 rings (SSSR count). The molecule has 0 atom stereocenters. The van der Waals surface area contributed by atoms with E-state index in [-0.39, 0.29) is 17.9 Å². The molecule has 2 aromatic rings. The van der Waals surface area contributed by atoms with Crippen LogP contribution in [0.5, 0.6) is 0 Å². The summed E-state index contributed by atoms with van der Waals surface area (Å²) in [6.07, 6.45) is 5.58. The van der Waals surface area contributed by atoms with Crippen LogP contribution in [-0.2, 0) is 10.0 Å². The molecule has 0 unspecified atom stereocenters. The molecule has 0 spiro atoms. The molecule has 0 aromatic heterocycles. The smallest absolute Gasteiger partial charge is 0.255 e. The number of benzene rings is 2. The van der Waals surface area contributed by atoms with Crippen LogP contribution in [0.1, 0.15) is 73.6 Å². The summed E-state index contributed by atoms with van der Waals surface area (Å²) in [6.45, 7) is 4.84. The van der Waals surface area contributed by atoms with Crippen molar-refractivity contribution in [2.45, 2.75) is 63.7 Å². The molecule has 1 aliphatic rings. The van der Waals surface area contributed by atoms with Crippen LogP contribution in [0.15, 0.2) is 48.5 Å². The normalized spacial score (nSPS) is 15.1. The fourth-order valence-electron chi connectivity index (χ4n) is 3.42. The maximum Gasteiger partial charge on any atom is 0.255 e. The van der Waals surface area contributed by atoms with E-state index in [2.05, 4.69) is 15.4 Å². The zero-order valence-electron chi connectivity index (χ0n) is 18.8. The minimum absolute atomic E-state index is 0.0944. The summed E-state index contributed by atoms with van der Waals surface area (Å²) in [5.41, 5.74) is 1.92. The van der Waals surface area contributed by atoms with E-state index in [1.807, 2.05) is 0 Å². The van der Waals surface area contributed by atoms with E-state index in [1.165, 1.54) is 6.42 Å². The predicted octanol–water partition coefficient (Wildman–Crippen LogP) is 4.54. The van der Waals surface area contributed by atoms with Crippen molar-refractivity contribution in [2.24, 2.45) is 0 Å². The van der Waals surface area contributed by atoms with Crippen LogP contribution in [0.4, 0.5) is 11.4 Å². The summed E-state index contributed by atoms with van der Waals surface area (Å²) < 4.78 is 26.1. The summed E-state index contributed by atoms with van der Waals surface area (Å²) in [4.78, 5) is 24.9. The Morgan fingerprint density at radius 1 is 0.781 bits per heavy atom. The fourth-order valence-corrected chi connectivity index (χ4v) is 4.17. The van der Waals surface area contributed by atoms with Crippen LogP contribution in [0, 0.1) is 0 Å². The van der Waals surface area contributed by atoms with Gasteiger partial charge in [-0.15, -0.1) is 0 Å². The zero-order valence-corrected chi connectivity index (χ0v) is 19.6. The molecule has 172 valence electrons. The molecule has 2 amide bonds. The van der Waals surface area contributed by atoms with Crippen molar-refractivity contribution in [1.82, 2.24) is 5.32 Å². The highest BCUT2D eigenvalue weighted by molar-refractivity contribution is 7.94. The molecule has 1 saturated carbocycles. The summed E-state index contributed by atoms with van der Waals surface area (Å²) in [5, 5.41) is 5.87. The molecule has 3 N–H and O–H groups in total. The second-order valence-electron chi connectivity index (χ2n) is 9.14. The number of anilines is 2. The second kappa shape index (κ2) is 9.73. The van der Waals surface area contributed by atoms with Gasteiger partial charge in [-0.2, -0.15) is 0 Å². The number of hydrogen-bond acceptors (Lipinski definition) is 4. The first-order chi connectivity index (χ1) is 15.0. The van der Waals surface area contributed by atoms with Gasteiger partial charge in [0.25, 0.3) is 11.8 Å². The van der Waals surface area contributed by atoms with E-state index >= 15 is 0 Å². The summed E-state index contributed by atoms with van der Waals surface area (Å²) in [7, 11) is -3.54. The van der Waals surface area contributed by atoms with Gasteiger partial charge in [0.1, 0.15) is 0 Å². The molecule has 1 aliphatic carbocycles. The number of carbonyl (C=O) groups excluding carboxylic acids is 2. The minimum atomic E-state index is -3.54. The lowest BCUT2D eigenvalue weighted by Crippen LogP contribution is -2.36. The number of amides is 2. The van der Waals surface area contributed by atoms with Gasteiger partial charge in [0, 0.05) is 28.5 Å². The topological polar surface area (TPSA) is 104 Å². The van der Waals surface area contributed by atoms with Gasteiger partial charge in [0.2, 0.25) is 10.0 Å². The van der Waals surface area contributed by atoms with Gasteiger partial charge in [-0.1, -0.05) is 19.3 Å². The number of sulfonamides is 1. The van der Waals surface area contributed by atoms with E-state index in [0.29, 0.717) is 22.5 Å². The molecular formula is C24H31N3O4S. The zero-order chi connectivity index (χ0) is 23.4. The highest BCUT2D eigenvalue weighted by Crippen LogP contribution is 2.21. The fraction of sp³-hybridized carbons (Fsp3) is 0.417. The molecule has 0 bridgehead atoms. The van der Waals surface area contributed by atoms with Crippen LogP contribution >= 0.6 is 0 Å². The Balaban J connectivity index is 1.58. The molecule has 1 fully saturated rings. The van der Waals surface area contributed by atoms with Crippen molar-refractivity contribution in [3.8, 4) is 0 Å². The third-order valence-corrected chi connectivity index (χ3v) is 7.67. The van der Waals surface area contributed by atoms with Crippen molar-refractivity contribution >= 4 is 33.2 Å². The van der Waals surface area contributed by atoms with Gasteiger partial charge >= 0.3 is 0 Å². The molecule has 0 heterocycles. The van der Waals surface area contributed by atoms with Crippen molar-refractivity contribution in [2.75, 3.05) is 10.0 Å². The van der Waals surface area contributed by atoms with Crippen LogP contribution in [-0.4, -0.2) is 31.0 Å². The van der Waals surface area contributed by atoms with Crippen molar-refractivity contribution in [3.05, 3.63) is 59.7 Å². The van der Waals surface area contributed by atoms with Crippen molar-refractivity contribution in [3.63, 3.8) is 0 Å². The third-order valence-electron chi connectivity index (χ3n) is 5.55. The Morgan fingerprint density at radius 2 is 1.28 bits per heavy atom. The summed E-state index contributed by atoms with van der Waals surface area (Å²) in [5.74, 6) is -0.419. The monoisotopic (exact) mass is 457 g/mol. The maximum atomic E-state index is 12.5. The first-order valence-corrected chi connectivity index (χ1v) is 12.4. The van der Waals surface area contributed by atoms with Crippen LogP contribution < -0.4 is 15.4 Å². The Kier molecular flexibility index (Phi) is 7.23. The van der Waals surface area contributed by atoms with E-state index in [1.54, 1.807) is 69.3 Å². The van der Waals surface area contributed by atoms with Crippen molar-refractivity contribution in [1.29, 1.82) is 0 Å². The quantitative estimate of drug-likeness (QED) is 0.592. The number of carbonyl (C=O) groups is 2. The van der Waals surface area contributed by atoms with E-state index < -0.39 is 14.8 Å². The van der Waals surface area contributed by atoms with Gasteiger partial charge in [-0.05, 0) is 82.1 Å². The lowest BCUT2D eigenvalue weighted by Gasteiger charge is -2.22. The van der Waals surface area contributed by atoms with Gasteiger partial charge in [-0.3, -0.25) is 14.3 Å². The lowest BCUT2D eigenvalue weighted by molar-refractivity contribution is 0.0927. The third kappa shape index (κ3) is 6.09. The van der Waals surface area contributed by atoms with E-state index in [0.717, 1.165) is 25.7 Å². The highest BCUT2D eigenvalue weighted by Gasteiger charge is 2.28. The highest BCUT2D eigenvalue weighted by atomic mass is 32.2. The molecule has 2 aromatic carbocycles. The maximum absolute atomic E-state index is 12.5. The molecule has 8 heteroatoms. The second-order valence-corrected chi connectivity index (χ2v) is 11.6. The van der Waals surface area contributed by atoms with Gasteiger partial charge in [0.15, 0.2) is 0 Å². The largest absolute Gasteiger partial charge is 0.349 e. The van der Waals surface area contributed by atoms with Gasteiger partial charge in [0.05, 0.1) is 4.75 Å². The average molecular weight is 458 g/mol. The van der Waals surface area contributed by atoms with E-state index in [4.69, 9.17) is 0 Å². The molecule has 32 heavy (non-hydrogen) atoms. The first kappa shape index (κ1) is 23.8. The molecule has 0 radical (unpaired) electrons. The molecule has 0 aliphatic heterocycles. The van der Waals surface area contributed by atoms with Gasteiger partial charge in [-0.25, -0.2) is 8.42 Å². The van der Waals surface area contributed by atoms with E-state index in [9.17, 15) is 18.0 Å². The number of nitrogens with one attached hydrogen (secondary N) is 3. The van der Waals surface area contributed by atoms with Crippen LogP contribution in [0.3, 0.4) is 0 Å². The number of rotatable bonds is 6. The minimum Gasteiger partial charge on any atom is -0.349 e. The van der Waals surface area contributed by atoms with Crippen LogP contribution in [0.25, 0.3) is 0 Å². The molecular weight excluding hydrogens is 426 g/mol.